The quantitative estimate of drug-likeness (QED) is 0.581. The number of nitrogens with zero attached hydrogens (tertiary/aromatic N) is 1. The van der Waals surface area contributed by atoms with Gasteiger partial charge in [-0.05, 0) is 32.1 Å². The maximum atomic E-state index is 11.4. The summed E-state index contributed by atoms with van der Waals surface area (Å²) in [5.74, 6) is -2.92. The molecule has 0 saturated heterocycles. The summed E-state index contributed by atoms with van der Waals surface area (Å²) in [6.45, 7) is 9.38. The number of ether oxygens (including phenoxy) is 1. The summed E-state index contributed by atoms with van der Waals surface area (Å²) in [7, 11) is 0. The van der Waals surface area contributed by atoms with Crippen molar-refractivity contribution in [2.75, 3.05) is 26.2 Å². The highest BCUT2D eigenvalue weighted by Crippen LogP contribution is 2.18. The van der Waals surface area contributed by atoms with Gasteiger partial charge in [0.25, 0.3) is 0 Å². The van der Waals surface area contributed by atoms with Crippen LogP contribution in [0.3, 0.4) is 0 Å². The van der Waals surface area contributed by atoms with Crippen LogP contribution in [-0.4, -0.2) is 59.1 Å². The van der Waals surface area contributed by atoms with Crippen LogP contribution in [0.1, 0.15) is 31.1 Å². The standard InChI is InChI=1S/C14H21NO2.C2H2O4/c1-4-15(5-2)10-11-17-14-9-7-6-8-13(14)12(3)16;3-1(4)2(5)6/h6-9H,4-5,10-11H2,1-3H3;(H,3,4)(H,5,6). The lowest BCUT2D eigenvalue weighted by atomic mass is 10.1. The number of hydrogen-bond acceptors (Lipinski definition) is 5. The van der Waals surface area contributed by atoms with E-state index in [2.05, 4.69) is 18.7 Å². The molecule has 0 atom stereocenters. The molecule has 0 saturated carbocycles. The highest BCUT2D eigenvalue weighted by molar-refractivity contribution is 6.27. The molecule has 0 spiro atoms. The third kappa shape index (κ3) is 8.57. The highest BCUT2D eigenvalue weighted by atomic mass is 16.5. The summed E-state index contributed by atoms with van der Waals surface area (Å²) >= 11 is 0. The van der Waals surface area contributed by atoms with Gasteiger partial charge < -0.3 is 19.8 Å². The van der Waals surface area contributed by atoms with E-state index in [4.69, 9.17) is 24.5 Å². The Balaban J connectivity index is 0.000000688. The van der Waals surface area contributed by atoms with Crippen molar-refractivity contribution in [3.05, 3.63) is 29.8 Å². The number of Topliss-reactive ketones (excluding diaryl/α,β-unsaturated/α-hetero) is 1. The van der Waals surface area contributed by atoms with Crippen molar-refractivity contribution in [1.82, 2.24) is 4.90 Å². The molecule has 0 aromatic heterocycles. The van der Waals surface area contributed by atoms with Gasteiger partial charge in [0.15, 0.2) is 5.78 Å². The third-order valence-electron chi connectivity index (χ3n) is 3.01. The summed E-state index contributed by atoms with van der Waals surface area (Å²) in [6.07, 6.45) is 0. The molecule has 0 aliphatic heterocycles. The average molecular weight is 325 g/mol. The molecule has 0 radical (unpaired) electrons. The molecule has 0 amide bonds. The van der Waals surface area contributed by atoms with Crippen LogP contribution in [0, 0.1) is 0 Å². The molecular weight excluding hydrogens is 302 g/mol. The predicted molar refractivity (Wildman–Crippen MR) is 85.0 cm³/mol. The predicted octanol–water partition coefficient (Wildman–Crippen LogP) is 1.77. The fraction of sp³-hybridized carbons (Fsp3) is 0.438. The molecule has 1 aromatic rings. The first-order chi connectivity index (χ1) is 10.8. The molecular formula is C16H23NO6. The van der Waals surface area contributed by atoms with Crippen LogP contribution in [0.5, 0.6) is 5.75 Å². The molecule has 0 aliphatic carbocycles. The Labute approximate surface area is 135 Å². The third-order valence-corrected chi connectivity index (χ3v) is 3.01. The molecule has 23 heavy (non-hydrogen) atoms. The van der Waals surface area contributed by atoms with Gasteiger partial charge in [-0.1, -0.05) is 26.0 Å². The van der Waals surface area contributed by atoms with Crippen LogP contribution in [0.2, 0.25) is 0 Å². The number of ketones is 1. The molecule has 2 N–H and O–H groups in total. The number of carboxylic acid groups (broad SMARTS) is 2. The lowest BCUT2D eigenvalue weighted by molar-refractivity contribution is -0.159. The molecule has 7 heteroatoms. The van der Waals surface area contributed by atoms with Gasteiger partial charge >= 0.3 is 11.9 Å². The molecule has 7 nitrogen and oxygen atoms in total. The van der Waals surface area contributed by atoms with E-state index in [1.807, 2.05) is 18.2 Å². The molecule has 128 valence electrons. The number of carbonyl (C=O) groups excluding carboxylic acids is 1. The summed E-state index contributed by atoms with van der Waals surface area (Å²) in [5, 5.41) is 14.8. The Hall–Kier alpha value is -2.41. The van der Waals surface area contributed by atoms with E-state index >= 15 is 0 Å². The van der Waals surface area contributed by atoms with Gasteiger partial charge in [0, 0.05) is 6.54 Å². The maximum Gasteiger partial charge on any atom is 0.414 e. The van der Waals surface area contributed by atoms with E-state index in [9.17, 15) is 4.79 Å². The number of benzene rings is 1. The molecule has 0 fully saturated rings. The molecule has 1 aromatic carbocycles. The number of aliphatic carboxylic acids is 2. The second-order valence-electron chi connectivity index (χ2n) is 4.54. The number of carbonyl (C=O) groups is 3. The van der Waals surface area contributed by atoms with Crippen molar-refractivity contribution >= 4 is 17.7 Å². The van der Waals surface area contributed by atoms with Gasteiger partial charge in [-0.25, -0.2) is 9.59 Å². The minimum atomic E-state index is -1.82. The first-order valence-corrected chi connectivity index (χ1v) is 7.24. The van der Waals surface area contributed by atoms with Crippen LogP contribution in [0.15, 0.2) is 24.3 Å². The fourth-order valence-electron chi connectivity index (χ4n) is 1.71. The fourth-order valence-corrected chi connectivity index (χ4v) is 1.71. The normalized spacial score (nSPS) is 9.74. The Bertz CT molecular complexity index is 513. The van der Waals surface area contributed by atoms with Gasteiger partial charge in [-0.2, -0.15) is 0 Å². The molecule has 1 rings (SSSR count). The van der Waals surface area contributed by atoms with Crippen LogP contribution < -0.4 is 4.74 Å². The first-order valence-electron chi connectivity index (χ1n) is 7.24. The van der Waals surface area contributed by atoms with E-state index < -0.39 is 11.9 Å². The number of hydrogen-bond donors (Lipinski definition) is 2. The topological polar surface area (TPSA) is 104 Å². The van der Waals surface area contributed by atoms with Gasteiger partial charge in [0.05, 0.1) is 5.56 Å². The van der Waals surface area contributed by atoms with Crippen molar-refractivity contribution in [3.8, 4) is 5.75 Å². The van der Waals surface area contributed by atoms with E-state index in [1.165, 1.54) is 0 Å². The SMILES string of the molecule is CCN(CC)CCOc1ccccc1C(C)=O.O=C(O)C(=O)O. The second kappa shape index (κ2) is 11.2. The molecule has 0 heterocycles. The number of likely N-dealkylation sites (N-methyl/N-ethyl adjacent to an activating group) is 1. The minimum Gasteiger partial charge on any atom is -0.491 e. The Morgan fingerprint density at radius 2 is 1.57 bits per heavy atom. The number of rotatable bonds is 7. The van der Waals surface area contributed by atoms with E-state index in [-0.39, 0.29) is 5.78 Å². The zero-order valence-electron chi connectivity index (χ0n) is 13.6. The van der Waals surface area contributed by atoms with Gasteiger partial charge in [-0.15, -0.1) is 0 Å². The zero-order valence-corrected chi connectivity index (χ0v) is 13.6. The van der Waals surface area contributed by atoms with E-state index in [1.54, 1.807) is 13.0 Å². The van der Waals surface area contributed by atoms with Crippen LogP contribution in [0.25, 0.3) is 0 Å². The van der Waals surface area contributed by atoms with Crippen LogP contribution in [-0.2, 0) is 9.59 Å². The lowest BCUT2D eigenvalue weighted by Crippen LogP contribution is -2.28. The zero-order chi connectivity index (χ0) is 17.8. The Kier molecular flexibility index (Phi) is 10.0. The van der Waals surface area contributed by atoms with E-state index in [0.717, 1.165) is 19.6 Å². The van der Waals surface area contributed by atoms with Gasteiger partial charge in [-0.3, -0.25) is 4.79 Å². The number of carboxylic acids is 2. The van der Waals surface area contributed by atoms with Gasteiger partial charge in [0.2, 0.25) is 0 Å². The monoisotopic (exact) mass is 325 g/mol. The van der Waals surface area contributed by atoms with Crippen molar-refractivity contribution in [3.63, 3.8) is 0 Å². The van der Waals surface area contributed by atoms with Gasteiger partial charge in [0.1, 0.15) is 12.4 Å². The minimum absolute atomic E-state index is 0.0449. The van der Waals surface area contributed by atoms with Crippen molar-refractivity contribution < 1.29 is 29.3 Å². The number of para-hydroxylation sites is 1. The summed E-state index contributed by atoms with van der Waals surface area (Å²) in [6, 6.07) is 7.39. The van der Waals surface area contributed by atoms with Crippen molar-refractivity contribution in [2.45, 2.75) is 20.8 Å². The molecule has 0 bridgehead atoms. The van der Waals surface area contributed by atoms with Crippen molar-refractivity contribution in [1.29, 1.82) is 0 Å². The average Bonchev–Trinajstić information content (AvgIpc) is 2.52. The summed E-state index contributed by atoms with van der Waals surface area (Å²) in [5.41, 5.74) is 0.659. The smallest absolute Gasteiger partial charge is 0.414 e. The Morgan fingerprint density at radius 3 is 2.00 bits per heavy atom. The highest BCUT2D eigenvalue weighted by Gasteiger charge is 2.07. The summed E-state index contributed by atoms with van der Waals surface area (Å²) in [4.78, 5) is 31.9. The summed E-state index contributed by atoms with van der Waals surface area (Å²) < 4.78 is 5.67. The maximum absolute atomic E-state index is 11.4. The molecule has 0 aliphatic rings. The van der Waals surface area contributed by atoms with Crippen LogP contribution >= 0.6 is 0 Å². The van der Waals surface area contributed by atoms with Crippen LogP contribution in [0.4, 0.5) is 0 Å². The first kappa shape index (κ1) is 20.6. The Morgan fingerprint density at radius 1 is 1.04 bits per heavy atom. The van der Waals surface area contributed by atoms with E-state index in [0.29, 0.717) is 17.9 Å². The van der Waals surface area contributed by atoms with Crippen molar-refractivity contribution in [2.24, 2.45) is 0 Å². The largest absolute Gasteiger partial charge is 0.491 e. The lowest BCUT2D eigenvalue weighted by Gasteiger charge is -2.18. The molecule has 0 unspecified atom stereocenters. The second-order valence-corrected chi connectivity index (χ2v) is 4.54.